The van der Waals surface area contributed by atoms with Crippen molar-refractivity contribution < 1.29 is 29.0 Å². The van der Waals surface area contributed by atoms with Crippen molar-refractivity contribution in [1.82, 2.24) is 25.8 Å². The Bertz CT molecular complexity index is 1220. The van der Waals surface area contributed by atoms with Crippen molar-refractivity contribution in [3.63, 3.8) is 0 Å². The van der Waals surface area contributed by atoms with E-state index in [1.54, 1.807) is 33.2 Å². The van der Waals surface area contributed by atoms with Crippen molar-refractivity contribution in [3.8, 4) is 0 Å². The van der Waals surface area contributed by atoms with E-state index in [9.17, 15) is 19.5 Å². The molecule has 51 heavy (non-hydrogen) atoms. The SMILES string of the molecule is CC[C@H](C)[C@@H]([C@@H](CC(=O)N1CCC[C@@]1(C)[C@H](OC)[C@@H](C)CN[C@H](C)[C@@H](O)c1ccccc1)OC)N(C)C(=O)[C@@H](NC(=O)[C@@H](NC)C(C)C)C(C)C. The average Bonchev–Trinajstić information content (AvgIpc) is 3.50. The van der Waals surface area contributed by atoms with Crippen LogP contribution in [-0.2, 0) is 23.9 Å². The van der Waals surface area contributed by atoms with Gasteiger partial charge in [-0.1, -0.05) is 85.2 Å². The van der Waals surface area contributed by atoms with Gasteiger partial charge in [-0.25, -0.2) is 0 Å². The Labute approximate surface area is 309 Å². The largest absolute Gasteiger partial charge is 0.387 e. The van der Waals surface area contributed by atoms with Gasteiger partial charge in [0.15, 0.2) is 0 Å². The Hall–Kier alpha value is -2.57. The molecule has 2 rings (SSSR count). The normalized spacial score (nSPS) is 21.8. The molecule has 1 fully saturated rings. The molecule has 1 heterocycles. The van der Waals surface area contributed by atoms with Gasteiger partial charge in [0, 0.05) is 40.4 Å². The van der Waals surface area contributed by atoms with E-state index in [0.29, 0.717) is 13.1 Å². The summed E-state index contributed by atoms with van der Waals surface area (Å²) in [5, 5.41) is 20.5. The van der Waals surface area contributed by atoms with E-state index in [1.807, 2.05) is 69.9 Å². The molecule has 0 radical (unpaired) electrons. The van der Waals surface area contributed by atoms with Gasteiger partial charge in [-0.05, 0) is 63.0 Å². The van der Waals surface area contributed by atoms with Crippen LogP contribution in [0.25, 0.3) is 0 Å². The minimum Gasteiger partial charge on any atom is -0.387 e. The van der Waals surface area contributed by atoms with E-state index in [4.69, 9.17) is 9.47 Å². The highest BCUT2D eigenvalue weighted by atomic mass is 16.5. The zero-order valence-electron chi connectivity index (χ0n) is 33.9. The molecule has 3 amide bonds. The molecule has 0 saturated carbocycles. The number of nitrogens with zero attached hydrogens (tertiary/aromatic N) is 2. The fraction of sp³-hybridized carbons (Fsp3) is 0.775. The molecule has 0 aliphatic carbocycles. The van der Waals surface area contributed by atoms with Gasteiger partial charge >= 0.3 is 0 Å². The smallest absolute Gasteiger partial charge is 0.245 e. The van der Waals surface area contributed by atoms with Crippen LogP contribution in [0.3, 0.4) is 0 Å². The first-order chi connectivity index (χ1) is 24.0. The second-order valence-electron chi connectivity index (χ2n) is 15.7. The molecule has 0 bridgehead atoms. The number of benzene rings is 1. The Morgan fingerprint density at radius 1 is 0.961 bits per heavy atom. The number of carbonyl (C=O) groups excluding carboxylic acids is 3. The minimum absolute atomic E-state index is 0.0249. The standard InChI is InChI=1S/C40H71N5O6/c1-14-27(6)35(44(11)39(49)34(26(4)5)43-38(48)33(41-10)25(2)3)31(50-12)23-32(46)45-22-18-21-40(45,9)37(51-13)28(7)24-42-29(8)36(47)30-19-16-15-17-20-30/h15-17,19-20,25-29,31,33-37,41-42,47H,14,18,21-24H2,1-13H3,(H,43,48)/t27-,28-,29+,31+,33-,34-,35-,36+,37+,40-/m0/s1. The topological polar surface area (TPSA) is 132 Å². The maximum absolute atomic E-state index is 14.3. The van der Waals surface area contributed by atoms with Gasteiger partial charge in [0.2, 0.25) is 17.7 Å². The zero-order valence-corrected chi connectivity index (χ0v) is 33.9. The predicted octanol–water partition coefficient (Wildman–Crippen LogP) is 4.39. The molecule has 1 aliphatic rings. The molecule has 10 atom stereocenters. The van der Waals surface area contributed by atoms with Crippen molar-refractivity contribution in [2.45, 2.75) is 136 Å². The molecule has 11 heteroatoms. The molecular formula is C40H71N5O6. The lowest BCUT2D eigenvalue weighted by Crippen LogP contribution is -2.60. The molecule has 11 nitrogen and oxygen atoms in total. The summed E-state index contributed by atoms with van der Waals surface area (Å²) in [4.78, 5) is 45.4. The first kappa shape index (κ1) is 44.6. The summed E-state index contributed by atoms with van der Waals surface area (Å²) in [5.74, 6) is -0.475. The number of hydrogen-bond donors (Lipinski definition) is 4. The van der Waals surface area contributed by atoms with Gasteiger partial charge in [-0.3, -0.25) is 14.4 Å². The second-order valence-corrected chi connectivity index (χ2v) is 15.7. The number of ether oxygens (including phenoxy) is 2. The molecular weight excluding hydrogens is 646 g/mol. The Morgan fingerprint density at radius 2 is 1.57 bits per heavy atom. The lowest BCUT2D eigenvalue weighted by molar-refractivity contribution is -0.150. The summed E-state index contributed by atoms with van der Waals surface area (Å²) < 4.78 is 12.2. The summed E-state index contributed by atoms with van der Waals surface area (Å²) >= 11 is 0. The Morgan fingerprint density at radius 3 is 2.08 bits per heavy atom. The van der Waals surface area contributed by atoms with Crippen LogP contribution in [0.4, 0.5) is 0 Å². The number of aliphatic hydroxyl groups is 1. The van der Waals surface area contributed by atoms with E-state index >= 15 is 0 Å². The Kier molecular flexibility index (Phi) is 18.0. The summed E-state index contributed by atoms with van der Waals surface area (Å²) in [7, 11) is 6.82. The minimum atomic E-state index is -0.729. The number of carbonyl (C=O) groups is 3. The lowest BCUT2D eigenvalue weighted by atomic mass is 9.83. The summed E-state index contributed by atoms with van der Waals surface area (Å²) in [5.41, 5.74) is 0.314. The van der Waals surface area contributed by atoms with Crippen molar-refractivity contribution in [1.29, 1.82) is 0 Å². The van der Waals surface area contributed by atoms with Crippen molar-refractivity contribution in [2.24, 2.45) is 23.7 Å². The predicted molar refractivity (Wildman–Crippen MR) is 204 cm³/mol. The monoisotopic (exact) mass is 718 g/mol. The van der Waals surface area contributed by atoms with Gasteiger partial charge in [0.25, 0.3) is 0 Å². The molecule has 1 aromatic carbocycles. The second kappa shape index (κ2) is 20.6. The highest BCUT2D eigenvalue weighted by molar-refractivity contribution is 5.90. The van der Waals surface area contributed by atoms with Gasteiger partial charge in [0.05, 0.1) is 42.4 Å². The number of aliphatic hydroxyl groups excluding tert-OH is 1. The molecule has 292 valence electrons. The molecule has 1 aromatic rings. The maximum atomic E-state index is 14.3. The third-order valence-electron chi connectivity index (χ3n) is 11.3. The zero-order chi connectivity index (χ0) is 38.6. The number of likely N-dealkylation sites (tertiary alicyclic amines) is 1. The van der Waals surface area contributed by atoms with Crippen LogP contribution < -0.4 is 16.0 Å². The molecule has 0 unspecified atom stereocenters. The third kappa shape index (κ3) is 11.2. The van der Waals surface area contributed by atoms with Crippen LogP contribution in [-0.4, -0.2) is 116 Å². The highest BCUT2D eigenvalue weighted by Gasteiger charge is 2.49. The number of hydrogen-bond acceptors (Lipinski definition) is 8. The fourth-order valence-corrected chi connectivity index (χ4v) is 8.07. The molecule has 4 N–H and O–H groups in total. The van der Waals surface area contributed by atoms with Crippen molar-refractivity contribution in [3.05, 3.63) is 35.9 Å². The van der Waals surface area contributed by atoms with E-state index in [1.165, 1.54) is 0 Å². The summed E-state index contributed by atoms with van der Waals surface area (Å²) in [6.45, 7) is 19.4. The molecule has 1 aliphatic heterocycles. The van der Waals surface area contributed by atoms with Crippen LogP contribution in [0.2, 0.25) is 0 Å². The van der Waals surface area contributed by atoms with Crippen molar-refractivity contribution >= 4 is 17.7 Å². The first-order valence-corrected chi connectivity index (χ1v) is 19.1. The summed E-state index contributed by atoms with van der Waals surface area (Å²) in [6.07, 6.45) is 1.08. The third-order valence-corrected chi connectivity index (χ3v) is 11.3. The average molecular weight is 718 g/mol. The van der Waals surface area contributed by atoms with E-state index < -0.39 is 35.9 Å². The van der Waals surface area contributed by atoms with Gasteiger partial charge in [-0.2, -0.15) is 0 Å². The van der Waals surface area contributed by atoms with E-state index in [-0.39, 0.29) is 60.0 Å². The lowest BCUT2D eigenvalue weighted by Gasteiger charge is -2.45. The van der Waals surface area contributed by atoms with E-state index in [0.717, 1.165) is 24.8 Å². The summed E-state index contributed by atoms with van der Waals surface area (Å²) in [6, 6.07) is 7.91. The Balaban J connectivity index is 2.25. The van der Waals surface area contributed by atoms with E-state index in [2.05, 4.69) is 43.6 Å². The van der Waals surface area contributed by atoms with Crippen LogP contribution in [0.5, 0.6) is 0 Å². The number of nitrogens with one attached hydrogen (secondary N) is 3. The number of methoxy groups -OCH3 is 2. The quantitative estimate of drug-likeness (QED) is 0.147. The van der Waals surface area contributed by atoms with Gasteiger partial charge in [0.1, 0.15) is 6.04 Å². The highest BCUT2D eigenvalue weighted by Crippen LogP contribution is 2.38. The molecule has 0 spiro atoms. The maximum Gasteiger partial charge on any atom is 0.245 e. The van der Waals surface area contributed by atoms with Crippen LogP contribution in [0.1, 0.15) is 99.7 Å². The number of rotatable bonds is 21. The van der Waals surface area contributed by atoms with Gasteiger partial charge < -0.3 is 40.3 Å². The molecule has 1 saturated heterocycles. The number of likely N-dealkylation sites (N-methyl/N-ethyl adjacent to an activating group) is 2. The fourth-order valence-electron chi connectivity index (χ4n) is 8.07. The van der Waals surface area contributed by atoms with Crippen molar-refractivity contribution in [2.75, 3.05) is 41.4 Å². The number of amides is 3. The van der Waals surface area contributed by atoms with Crippen LogP contribution in [0.15, 0.2) is 30.3 Å². The first-order valence-electron chi connectivity index (χ1n) is 19.1. The van der Waals surface area contributed by atoms with Crippen LogP contribution >= 0.6 is 0 Å². The van der Waals surface area contributed by atoms with Gasteiger partial charge in [-0.15, -0.1) is 0 Å². The van der Waals surface area contributed by atoms with Crippen LogP contribution in [0, 0.1) is 23.7 Å². The molecule has 0 aromatic heterocycles.